The first-order valence-corrected chi connectivity index (χ1v) is 6.39. The summed E-state index contributed by atoms with van der Waals surface area (Å²) in [6, 6.07) is 5.71. The molecule has 0 atom stereocenters. The van der Waals surface area contributed by atoms with Crippen LogP contribution in [0, 0.1) is 0 Å². The number of anilines is 1. The molecule has 0 aromatic heterocycles. The van der Waals surface area contributed by atoms with Gasteiger partial charge in [-0.05, 0) is 31.8 Å². The van der Waals surface area contributed by atoms with Gasteiger partial charge in [0, 0.05) is 28.8 Å². The van der Waals surface area contributed by atoms with E-state index in [2.05, 4.69) is 19.0 Å². The fraction of sp³-hybridized carbons (Fsp3) is 0.455. The molecule has 0 aliphatic rings. The number of hydrogen-bond acceptors (Lipinski definition) is 3. The van der Waals surface area contributed by atoms with E-state index in [0.29, 0.717) is 0 Å². The molecule has 0 spiro atoms. The molecule has 0 bridgehead atoms. The minimum Gasteiger partial charge on any atom is -0.399 e. The van der Waals surface area contributed by atoms with Crippen molar-refractivity contribution < 1.29 is 0 Å². The highest BCUT2D eigenvalue weighted by molar-refractivity contribution is 7.98. The molecule has 0 radical (unpaired) electrons. The average Bonchev–Trinajstić information content (AvgIpc) is 2.14. The Hall–Kier alpha value is -0.380. The molecule has 0 unspecified atom stereocenters. The maximum Gasteiger partial charge on any atom is 0.0466 e. The quantitative estimate of drug-likeness (QED) is 0.638. The summed E-state index contributed by atoms with van der Waals surface area (Å²) < 4.78 is 0. The van der Waals surface area contributed by atoms with Crippen molar-refractivity contribution in [1.29, 1.82) is 0 Å². The van der Waals surface area contributed by atoms with Crippen LogP contribution in [0.15, 0.2) is 18.2 Å². The number of hydrogen-bond donors (Lipinski definition) is 1. The third kappa shape index (κ3) is 4.78. The van der Waals surface area contributed by atoms with Gasteiger partial charge in [-0.15, -0.1) is 0 Å². The summed E-state index contributed by atoms with van der Waals surface area (Å²) in [5, 5.41) is 0.771. The maximum absolute atomic E-state index is 6.07. The molecular formula is C11H17ClN2S. The van der Waals surface area contributed by atoms with Crippen LogP contribution in [0.25, 0.3) is 0 Å². The molecule has 2 nitrogen and oxygen atoms in total. The number of thioether (sulfide) groups is 1. The first-order chi connectivity index (χ1) is 7.09. The molecule has 0 aliphatic heterocycles. The first kappa shape index (κ1) is 12.7. The van der Waals surface area contributed by atoms with Crippen LogP contribution in [0.2, 0.25) is 5.02 Å². The van der Waals surface area contributed by atoms with E-state index >= 15 is 0 Å². The molecule has 1 aromatic rings. The Morgan fingerprint density at radius 1 is 1.40 bits per heavy atom. The van der Waals surface area contributed by atoms with E-state index in [0.717, 1.165) is 34.3 Å². The molecule has 0 saturated heterocycles. The summed E-state index contributed by atoms with van der Waals surface area (Å²) >= 11 is 7.96. The number of halogens is 1. The predicted octanol–water partition coefficient (Wildman–Crippen LogP) is 2.72. The van der Waals surface area contributed by atoms with Crippen molar-refractivity contribution in [3.63, 3.8) is 0 Å². The molecule has 0 amide bonds. The lowest BCUT2D eigenvalue weighted by Gasteiger charge is -2.09. The monoisotopic (exact) mass is 244 g/mol. The Morgan fingerprint density at radius 2 is 2.13 bits per heavy atom. The third-order valence-electron chi connectivity index (χ3n) is 2.02. The van der Waals surface area contributed by atoms with Gasteiger partial charge < -0.3 is 10.6 Å². The van der Waals surface area contributed by atoms with Crippen LogP contribution in [0.3, 0.4) is 0 Å². The number of nitrogen functional groups attached to an aromatic ring is 1. The maximum atomic E-state index is 6.07. The second kappa shape index (κ2) is 6.26. The first-order valence-electron chi connectivity index (χ1n) is 4.86. The van der Waals surface area contributed by atoms with Gasteiger partial charge in [-0.3, -0.25) is 0 Å². The average molecular weight is 245 g/mol. The minimum absolute atomic E-state index is 0.724. The van der Waals surface area contributed by atoms with E-state index in [4.69, 9.17) is 17.3 Å². The van der Waals surface area contributed by atoms with Crippen LogP contribution >= 0.6 is 23.4 Å². The van der Waals surface area contributed by atoms with Crippen LogP contribution in [0.5, 0.6) is 0 Å². The lowest BCUT2D eigenvalue weighted by atomic mass is 10.2. The smallest absolute Gasteiger partial charge is 0.0466 e. The summed E-state index contributed by atoms with van der Waals surface area (Å²) in [7, 11) is 4.16. The second-order valence-corrected chi connectivity index (χ2v) is 5.22. The molecule has 1 aromatic carbocycles. The van der Waals surface area contributed by atoms with Crippen molar-refractivity contribution in [1.82, 2.24) is 4.90 Å². The highest BCUT2D eigenvalue weighted by Gasteiger charge is 2.00. The fourth-order valence-electron chi connectivity index (χ4n) is 1.11. The van der Waals surface area contributed by atoms with Crippen molar-refractivity contribution in [2.24, 2.45) is 0 Å². The van der Waals surface area contributed by atoms with E-state index in [1.54, 1.807) is 0 Å². The molecular weight excluding hydrogens is 228 g/mol. The number of benzene rings is 1. The number of nitrogens with two attached hydrogens (primary N) is 1. The standard InChI is InChI=1S/C11H17ClN2S/c1-14(2)5-6-15-8-9-3-4-10(13)7-11(9)12/h3-4,7H,5-6,8,13H2,1-2H3. The molecule has 84 valence electrons. The Kier molecular flexibility index (Phi) is 5.29. The Labute approximate surface area is 101 Å². The van der Waals surface area contributed by atoms with Crippen molar-refractivity contribution in [2.75, 3.05) is 32.1 Å². The van der Waals surface area contributed by atoms with Crippen molar-refractivity contribution in [2.45, 2.75) is 5.75 Å². The van der Waals surface area contributed by atoms with Gasteiger partial charge in [-0.1, -0.05) is 17.7 Å². The summed E-state index contributed by atoms with van der Waals surface area (Å²) in [5.41, 5.74) is 7.51. The largest absolute Gasteiger partial charge is 0.399 e. The molecule has 1 rings (SSSR count). The van der Waals surface area contributed by atoms with Gasteiger partial charge in [-0.25, -0.2) is 0 Å². The van der Waals surface area contributed by atoms with Gasteiger partial charge in [0.05, 0.1) is 0 Å². The Bertz CT molecular complexity index is 315. The zero-order chi connectivity index (χ0) is 11.3. The fourth-order valence-corrected chi connectivity index (χ4v) is 2.56. The molecule has 0 saturated carbocycles. The van der Waals surface area contributed by atoms with E-state index in [1.165, 1.54) is 0 Å². The van der Waals surface area contributed by atoms with Crippen molar-refractivity contribution >= 4 is 29.1 Å². The van der Waals surface area contributed by atoms with Gasteiger partial charge in [0.1, 0.15) is 0 Å². The topological polar surface area (TPSA) is 29.3 Å². The van der Waals surface area contributed by atoms with Gasteiger partial charge >= 0.3 is 0 Å². The summed E-state index contributed by atoms with van der Waals surface area (Å²) in [6.07, 6.45) is 0. The zero-order valence-electron chi connectivity index (χ0n) is 9.16. The minimum atomic E-state index is 0.724. The second-order valence-electron chi connectivity index (χ2n) is 3.71. The van der Waals surface area contributed by atoms with Gasteiger partial charge in [0.2, 0.25) is 0 Å². The summed E-state index contributed by atoms with van der Waals surface area (Å²) in [5.74, 6) is 2.07. The van der Waals surface area contributed by atoms with E-state index in [1.807, 2.05) is 30.0 Å². The molecule has 0 aliphatic carbocycles. The third-order valence-corrected chi connectivity index (χ3v) is 3.36. The zero-order valence-corrected chi connectivity index (χ0v) is 10.7. The van der Waals surface area contributed by atoms with Gasteiger partial charge in [0.25, 0.3) is 0 Å². The molecule has 2 N–H and O–H groups in total. The highest BCUT2D eigenvalue weighted by atomic mass is 35.5. The summed E-state index contributed by atoms with van der Waals surface area (Å²) in [6.45, 7) is 1.09. The SMILES string of the molecule is CN(C)CCSCc1ccc(N)cc1Cl. The normalized spacial score (nSPS) is 10.9. The van der Waals surface area contributed by atoms with Crippen molar-refractivity contribution in [3.05, 3.63) is 28.8 Å². The lowest BCUT2D eigenvalue weighted by molar-refractivity contribution is 0.437. The summed E-state index contributed by atoms with van der Waals surface area (Å²) in [4.78, 5) is 2.18. The van der Waals surface area contributed by atoms with Crippen LogP contribution in [0.4, 0.5) is 5.69 Å². The predicted molar refractivity (Wildman–Crippen MR) is 70.6 cm³/mol. The molecule has 0 heterocycles. The van der Waals surface area contributed by atoms with E-state index in [9.17, 15) is 0 Å². The van der Waals surface area contributed by atoms with Crippen LogP contribution in [-0.4, -0.2) is 31.3 Å². The van der Waals surface area contributed by atoms with E-state index in [-0.39, 0.29) is 0 Å². The molecule has 4 heteroatoms. The van der Waals surface area contributed by atoms with Crippen LogP contribution in [-0.2, 0) is 5.75 Å². The number of rotatable bonds is 5. The van der Waals surface area contributed by atoms with Crippen molar-refractivity contribution in [3.8, 4) is 0 Å². The highest BCUT2D eigenvalue weighted by Crippen LogP contribution is 2.23. The number of nitrogens with zero attached hydrogens (tertiary/aromatic N) is 1. The van der Waals surface area contributed by atoms with E-state index < -0.39 is 0 Å². The Morgan fingerprint density at radius 3 is 2.73 bits per heavy atom. The Balaban J connectivity index is 2.37. The van der Waals surface area contributed by atoms with Crippen LogP contribution in [0.1, 0.15) is 5.56 Å². The van der Waals surface area contributed by atoms with Crippen LogP contribution < -0.4 is 5.73 Å². The van der Waals surface area contributed by atoms with Gasteiger partial charge in [0.15, 0.2) is 0 Å². The molecule has 15 heavy (non-hydrogen) atoms. The molecule has 0 fully saturated rings. The lowest BCUT2D eigenvalue weighted by Crippen LogP contribution is -2.14. The van der Waals surface area contributed by atoms with Gasteiger partial charge in [-0.2, -0.15) is 11.8 Å².